The molecule has 1 aliphatic carbocycles. The predicted octanol–water partition coefficient (Wildman–Crippen LogP) is 4.44. The molecular weight excluding hydrogens is 506 g/mol. The fourth-order valence-corrected chi connectivity index (χ4v) is 7.33. The third-order valence-corrected chi connectivity index (χ3v) is 9.22. The molecule has 1 saturated carbocycles. The van der Waals surface area contributed by atoms with Gasteiger partial charge in [0.25, 0.3) is 5.56 Å². The summed E-state index contributed by atoms with van der Waals surface area (Å²) in [5.41, 5.74) is 5.22. The number of fused-ring (bicyclic) bond motifs is 2. The molecule has 1 aromatic carbocycles. The van der Waals surface area contributed by atoms with E-state index in [9.17, 15) is 9.59 Å². The highest BCUT2D eigenvalue weighted by Crippen LogP contribution is 2.44. The molecule has 4 aromatic rings. The van der Waals surface area contributed by atoms with Crippen molar-refractivity contribution in [3.05, 3.63) is 79.0 Å². The highest BCUT2D eigenvalue weighted by Gasteiger charge is 2.30. The Balaban J connectivity index is 1.34. The van der Waals surface area contributed by atoms with E-state index in [1.807, 2.05) is 12.3 Å². The Morgan fingerprint density at radius 2 is 1.97 bits per heavy atom. The fourth-order valence-electron chi connectivity index (χ4n) is 5.95. The van der Waals surface area contributed by atoms with Gasteiger partial charge in [-0.3, -0.25) is 18.9 Å². The number of pyridine rings is 1. The van der Waals surface area contributed by atoms with Crippen LogP contribution >= 0.6 is 22.9 Å². The maximum Gasteiger partial charge on any atom is 0.331 e. The molecule has 2 aliphatic heterocycles. The quantitative estimate of drug-likeness (QED) is 0.411. The number of halogens is 1. The number of aryl methyl sites for hydroxylation is 1. The summed E-state index contributed by atoms with van der Waals surface area (Å²) in [6, 6.07) is 10.5. The van der Waals surface area contributed by atoms with Crippen LogP contribution in [0.15, 0.2) is 52.3 Å². The van der Waals surface area contributed by atoms with Crippen LogP contribution in [0.5, 0.6) is 0 Å². The summed E-state index contributed by atoms with van der Waals surface area (Å²) in [6.07, 6.45) is 8.76. The van der Waals surface area contributed by atoms with Gasteiger partial charge < -0.3 is 10.2 Å². The van der Waals surface area contributed by atoms with E-state index in [1.165, 1.54) is 21.9 Å². The SMILES string of the molecule is O=c1ccn(C2CC2)c(=O)n1Cc1cc2nccc(-c3cc(Cl)cc4c3N(C3CCNC3)CCC4)c2s1. The van der Waals surface area contributed by atoms with Crippen molar-refractivity contribution in [1.82, 2.24) is 19.4 Å². The van der Waals surface area contributed by atoms with Gasteiger partial charge in [-0.05, 0) is 68.5 Å². The Labute approximate surface area is 223 Å². The average molecular weight is 534 g/mol. The molecular formula is C28H28ClN5O2S. The lowest BCUT2D eigenvalue weighted by Crippen LogP contribution is -2.40. The second kappa shape index (κ2) is 9.11. The summed E-state index contributed by atoms with van der Waals surface area (Å²) in [6.45, 7) is 3.34. The van der Waals surface area contributed by atoms with E-state index in [0.29, 0.717) is 6.04 Å². The number of anilines is 1. The number of rotatable bonds is 5. The smallest absolute Gasteiger partial charge is 0.331 e. The molecule has 3 aliphatic rings. The third kappa shape index (κ3) is 4.11. The van der Waals surface area contributed by atoms with Gasteiger partial charge in [-0.25, -0.2) is 4.79 Å². The maximum atomic E-state index is 13.0. The number of hydrogen-bond acceptors (Lipinski definition) is 6. The largest absolute Gasteiger partial charge is 0.366 e. The lowest BCUT2D eigenvalue weighted by Gasteiger charge is -2.38. The van der Waals surface area contributed by atoms with Crippen LogP contribution in [0.25, 0.3) is 21.3 Å². The van der Waals surface area contributed by atoms with E-state index in [0.717, 1.165) is 83.0 Å². The zero-order chi connectivity index (χ0) is 25.1. The molecule has 1 saturated heterocycles. The number of thiophene rings is 1. The molecule has 1 atom stereocenters. The Bertz CT molecular complexity index is 1630. The molecule has 1 N–H and O–H groups in total. The van der Waals surface area contributed by atoms with E-state index in [2.05, 4.69) is 33.4 Å². The van der Waals surface area contributed by atoms with Gasteiger partial charge in [0.1, 0.15) is 0 Å². The summed E-state index contributed by atoms with van der Waals surface area (Å²) in [4.78, 5) is 33.8. The first-order valence-electron chi connectivity index (χ1n) is 13.1. The van der Waals surface area contributed by atoms with E-state index < -0.39 is 0 Å². The van der Waals surface area contributed by atoms with Crippen molar-refractivity contribution < 1.29 is 0 Å². The number of aromatic nitrogens is 3. The number of nitrogens with one attached hydrogen (secondary N) is 1. The molecule has 190 valence electrons. The van der Waals surface area contributed by atoms with Crippen molar-refractivity contribution >= 4 is 38.8 Å². The van der Waals surface area contributed by atoms with E-state index in [-0.39, 0.29) is 23.8 Å². The van der Waals surface area contributed by atoms with Crippen molar-refractivity contribution in [3.8, 4) is 11.1 Å². The molecule has 7 rings (SSSR count). The van der Waals surface area contributed by atoms with Crippen LogP contribution in [-0.4, -0.2) is 39.8 Å². The Morgan fingerprint density at radius 3 is 2.78 bits per heavy atom. The van der Waals surface area contributed by atoms with Crippen LogP contribution in [0.2, 0.25) is 5.02 Å². The summed E-state index contributed by atoms with van der Waals surface area (Å²) in [7, 11) is 0. The van der Waals surface area contributed by atoms with Gasteiger partial charge in [0.2, 0.25) is 0 Å². The minimum absolute atomic E-state index is 0.224. The molecule has 0 spiro atoms. The molecule has 1 unspecified atom stereocenters. The molecule has 0 radical (unpaired) electrons. The summed E-state index contributed by atoms with van der Waals surface area (Å²) in [5.74, 6) is 0. The van der Waals surface area contributed by atoms with Crippen LogP contribution < -0.4 is 21.5 Å². The first-order chi connectivity index (χ1) is 18.1. The molecule has 5 heterocycles. The highest BCUT2D eigenvalue weighted by atomic mass is 35.5. The fraction of sp³-hybridized carbons (Fsp3) is 0.393. The van der Waals surface area contributed by atoms with E-state index in [1.54, 1.807) is 22.1 Å². The van der Waals surface area contributed by atoms with Crippen LogP contribution in [0.1, 0.15) is 42.2 Å². The number of hydrogen-bond donors (Lipinski definition) is 1. The normalized spacial score (nSPS) is 19.5. The molecule has 9 heteroatoms. The topological polar surface area (TPSA) is 72.2 Å². The predicted molar refractivity (Wildman–Crippen MR) is 149 cm³/mol. The molecule has 0 bridgehead atoms. The van der Waals surface area contributed by atoms with Crippen molar-refractivity contribution in [3.63, 3.8) is 0 Å². The van der Waals surface area contributed by atoms with Gasteiger partial charge in [-0.1, -0.05) is 11.6 Å². The van der Waals surface area contributed by atoms with Gasteiger partial charge in [0.05, 0.1) is 16.8 Å². The molecule has 7 nitrogen and oxygen atoms in total. The van der Waals surface area contributed by atoms with E-state index in [4.69, 9.17) is 11.6 Å². The first-order valence-corrected chi connectivity index (χ1v) is 14.3. The van der Waals surface area contributed by atoms with Gasteiger partial charge in [-0.2, -0.15) is 0 Å². The number of benzene rings is 1. The molecule has 0 amide bonds. The molecule has 2 fully saturated rings. The standard InChI is InChI=1S/C28H28ClN5O2S/c29-18-12-17-2-1-10-32(20-5-8-30-15-20)26(17)23(13-18)22-6-9-31-24-14-21(37-27(22)24)16-34-25(35)7-11-33(28(34)36)19-3-4-19/h6-7,9,11-14,19-20,30H,1-5,8,10,15-16H2. The highest BCUT2D eigenvalue weighted by molar-refractivity contribution is 7.19. The summed E-state index contributed by atoms with van der Waals surface area (Å²) < 4.78 is 4.10. The van der Waals surface area contributed by atoms with Crippen LogP contribution in [-0.2, 0) is 13.0 Å². The van der Waals surface area contributed by atoms with Crippen molar-refractivity contribution in [2.75, 3.05) is 24.5 Å². The first kappa shape index (κ1) is 23.2. The maximum absolute atomic E-state index is 13.0. The molecule has 37 heavy (non-hydrogen) atoms. The number of nitrogens with zero attached hydrogens (tertiary/aromatic N) is 4. The Hall–Kier alpha value is -2.94. The zero-order valence-electron chi connectivity index (χ0n) is 20.5. The third-order valence-electron chi connectivity index (χ3n) is 7.86. The zero-order valence-corrected chi connectivity index (χ0v) is 22.0. The average Bonchev–Trinajstić information content (AvgIpc) is 3.41. The Kier molecular flexibility index (Phi) is 5.71. The summed E-state index contributed by atoms with van der Waals surface area (Å²) >= 11 is 8.27. The van der Waals surface area contributed by atoms with Gasteiger partial charge in [0.15, 0.2) is 0 Å². The lowest BCUT2D eigenvalue weighted by molar-refractivity contribution is 0.592. The second-order valence-corrected chi connectivity index (χ2v) is 11.9. The lowest BCUT2D eigenvalue weighted by atomic mass is 9.92. The minimum atomic E-state index is -0.266. The van der Waals surface area contributed by atoms with Crippen molar-refractivity contribution in [1.29, 1.82) is 0 Å². The summed E-state index contributed by atoms with van der Waals surface area (Å²) in [5, 5.41) is 4.27. The minimum Gasteiger partial charge on any atom is -0.366 e. The van der Waals surface area contributed by atoms with E-state index >= 15 is 0 Å². The van der Waals surface area contributed by atoms with Gasteiger partial charge in [0, 0.05) is 70.3 Å². The van der Waals surface area contributed by atoms with Crippen LogP contribution in [0, 0.1) is 0 Å². The van der Waals surface area contributed by atoms with Crippen molar-refractivity contribution in [2.45, 2.75) is 50.7 Å². The monoisotopic (exact) mass is 533 g/mol. The Morgan fingerprint density at radius 1 is 1.08 bits per heavy atom. The van der Waals surface area contributed by atoms with Gasteiger partial charge >= 0.3 is 5.69 Å². The second-order valence-electron chi connectivity index (χ2n) is 10.4. The van der Waals surface area contributed by atoms with Crippen LogP contribution in [0.4, 0.5) is 5.69 Å². The van der Waals surface area contributed by atoms with Gasteiger partial charge in [-0.15, -0.1) is 11.3 Å². The van der Waals surface area contributed by atoms with Crippen molar-refractivity contribution in [2.24, 2.45) is 0 Å². The van der Waals surface area contributed by atoms with Crippen LogP contribution in [0.3, 0.4) is 0 Å². The molecule has 3 aromatic heterocycles.